The number of carbonyl (C=O) groups excluding carboxylic acids is 3. The Hall–Kier alpha value is -3.15. The third-order valence-corrected chi connectivity index (χ3v) is 4.23. The number of esters is 1. The summed E-state index contributed by atoms with van der Waals surface area (Å²) >= 11 is 0. The summed E-state index contributed by atoms with van der Waals surface area (Å²) in [5, 5.41) is 2.78. The van der Waals surface area contributed by atoms with Crippen LogP contribution < -0.4 is 10.2 Å². The van der Waals surface area contributed by atoms with Crippen LogP contribution in [0.15, 0.2) is 54.6 Å². The minimum Gasteiger partial charge on any atom is -0.462 e. The summed E-state index contributed by atoms with van der Waals surface area (Å²) in [6, 6.07) is 15.2. The molecule has 1 aliphatic rings. The number of nitrogens with one attached hydrogen (secondary N) is 1. The van der Waals surface area contributed by atoms with Gasteiger partial charge in [-0.15, -0.1) is 0 Å². The molecule has 2 aromatic rings. The van der Waals surface area contributed by atoms with E-state index in [9.17, 15) is 14.4 Å². The van der Waals surface area contributed by atoms with Crippen molar-refractivity contribution in [3.8, 4) is 0 Å². The molecule has 2 amide bonds. The Morgan fingerprint density at radius 1 is 1.12 bits per heavy atom. The largest absolute Gasteiger partial charge is 0.462 e. The number of rotatable bonds is 5. The number of carbonyl (C=O) groups is 3. The maximum atomic E-state index is 12.8. The first-order valence-electron chi connectivity index (χ1n) is 8.56. The fourth-order valence-electron chi connectivity index (χ4n) is 3.04. The average molecular weight is 352 g/mol. The summed E-state index contributed by atoms with van der Waals surface area (Å²) in [7, 11) is 0. The molecule has 26 heavy (non-hydrogen) atoms. The van der Waals surface area contributed by atoms with Crippen LogP contribution in [0.3, 0.4) is 0 Å². The minimum absolute atomic E-state index is 0.0879. The lowest BCUT2D eigenvalue weighted by Gasteiger charge is -2.24. The number of nitrogens with zero attached hydrogens (tertiary/aromatic N) is 1. The van der Waals surface area contributed by atoms with E-state index in [1.807, 2.05) is 18.2 Å². The molecule has 1 heterocycles. The van der Waals surface area contributed by atoms with Crippen molar-refractivity contribution >= 4 is 29.2 Å². The molecular formula is C20H20N2O4. The van der Waals surface area contributed by atoms with Crippen LogP contribution in [0.4, 0.5) is 11.4 Å². The Kier molecular flexibility index (Phi) is 5.31. The topological polar surface area (TPSA) is 75.7 Å². The first kappa shape index (κ1) is 17.7. The highest BCUT2D eigenvalue weighted by atomic mass is 16.5. The number of anilines is 2. The van der Waals surface area contributed by atoms with E-state index in [1.165, 1.54) is 4.90 Å². The van der Waals surface area contributed by atoms with Crippen LogP contribution in [-0.4, -0.2) is 30.4 Å². The van der Waals surface area contributed by atoms with Crippen molar-refractivity contribution in [2.45, 2.75) is 25.8 Å². The zero-order valence-electron chi connectivity index (χ0n) is 14.5. The Labute approximate surface area is 151 Å². The van der Waals surface area contributed by atoms with Crippen molar-refractivity contribution < 1.29 is 19.1 Å². The molecule has 0 bridgehead atoms. The Morgan fingerprint density at radius 2 is 1.81 bits per heavy atom. The third kappa shape index (κ3) is 3.59. The Morgan fingerprint density at radius 3 is 2.54 bits per heavy atom. The molecule has 0 aromatic heterocycles. The van der Waals surface area contributed by atoms with Crippen molar-refractivity contribution in [1.82, 2.24) is 0 Å². The predicted octanol–water partition coefficient (Wildman–Crippen LogP) is 3.00. The van der Waals surface area contributed by atoms with E-state index in [-0.39, 0.29) is 18.4 Å². The normalized spacial score (nSPS) is 16.4. The molecular weight excluding hydrogens is 332 g/mol. The number of ether oxygens (including phenoxy) is 1. The number of hydrogen-bond donors (Lipinski definition) is 1. The summed E-state index contributed by atoms with van der Waals surface area (Å²) in [5.41, 5.74) is 1.36. The van der Waals surface area contributed by atoms with Gasteiger partial charge in [0, 0.05) is 12.1 Å². The van der Waals surface area contributed by atoms with E-state index in [1.54, 1.807) is 43.3 Å². The van der Waals surface area contributed by atoms with Gasteiger partial charge in [0.05, 0.1) is 17.9 Å². The molecule has 0 aliphatic carbocycles. The maximum Gasteiger partial charge on any atom is 0.340 e. The van der Waals surface area contributed by atoms with Crippen LogP contribution in [0.25, 0.3) is 0 Å². The second kappa shape index (κ2) is 7.82. The number of amides is 2. The van der Waals surface area contributed by atoms with Crippen LogP contribution in [-0.2, 0) is 14.3 Å². The van der Waals surface area contributed by atoms with Gasteiger partial charge in [-0.3, -0.25) is 14.5 Å². The number of para-hydroxylation sites is 2. The zero-order valence-corrected chi connectivity index (χ0v) is 14.5. The second-order valence-electron chi connectivity index (χ2n) is 5.91. The first-order valence-corrected chi connectivity index (χ1v) is 8.56. The molecule has 6 heteroatoms. The van der Waals surface area contributed by atoms with Crippen LogP contribution in [0.2, 0.25) is 0 Å². The van der Waals surface area contributed by atoms with Gasteiger partial charge in [-0.2, -0.15) is 0 Å². The molecule has 1 N–H and O–H groups in total. The Balaban J connectivity index is 1.82. The zero-order chi connectivity index (χ0) is 18.5. The maximum absolute atomic E-state index is 12.8. The summed E-state index contributed by atoms with van der Waals surface area (Å²) in [6.45, 7) is 1.97. The molecule has 1 fully saturated rings. The quantitative estimate of drug-likeness (QED) is 0.840. The smallest absolute Gasteiger partial charge is 0.340 e. The molecule has 1 unspecified atom stereocenters. The van der Waals surface area contributed by atoms with E-state index in [0.29, 0.717) is 29.8 Å². The molecule has 0 saturated carbocycles. The molecule has 6 nitrogen and oxygen atoms in total. The number of hydrogen-bond acceptors (Lipinski definition) is 4. The second-order valence-corrected chi connectivity index (χ2v) is 5.91. The molecule has 3 rings (SSSR count). The van der Waals surface area contributed by atoms with Gasteiger partial charge in [0.15, 0.2) is 0 Å². The van der Waals surface area contributed by atoms with Gasteiger partial charge in [0.1, 0.15) is 6.04 Å². The predicted molar refractivity (Wildman–Crippen MR) is 98.0 cm³/mol. The monoisotopic (exact) mass is 352 g/mol. The standard InChI is InChI=1S/C20H20N2O4/c1-2-26-20(25)15-10-6-7-11-16(15)21-19(24)17-12-13-18(23)22(17)14-8-4-3-5-9-14/h3-11,17H,2,12-13H2,1H3,(H,21,24). The summed E-state index contributed by atoms with van der Waals surface area (Å²) in [5.74, 6) is -0.905. The molecule has 0 spiro atoms. The lowest BCUT2D eigenvalue weighted by Crippen LogP contribution is -2.42. The molecule has 2 aromatic carbocycles. The van der Waals surface area contributed by atoms with Gasteiger partial charge in [-0.1, -0.05) is 30.3 Å². The van der Waals surface area contributed by atoms with E-state index in [2.05, 4.69) is 5.32 Å². The summed E-state index contributed by atoms with van der Waals surface area (Å²) in [4.78, 5) is 38.7. The average Bonchev–Trinajstić information content (AvgIpc) is 3.04. The highest BCUT2D eigenvalue weighted by Gasteiger charge is 2.37. The molecule has 134 valence electrons. The van der Waals surface area contributed by atoms with Gasteiger partial charge < -0.3 is 10.1 Å². The lowest BCUT2D eigenvalue weighted by atomic mass is 10.1. The summed E-state index contributed by atoms with van der Waals surface area (Å²) in [6.07, 6.45) is 0.744. The van der Waals surface area contributed by atoms with Crippen LogP contribution >= 0.6 is 0 Å². The van der Waals surface area contributed by atoms with Gasteiger partial charge in [-0.05, 0) is 37.6 Å². The highest BCUT2D eigenvalue weighted by Crippen LogP contribution is 2.28. The van der Waals surface area contributed by atoms with E-state index >= 15 is 0 Å². The molecule has 1 aliphatic heterocycles. The molecule has 0 radical (unpaired) electrons. The summed E-state index contributed by atoms with van der Waals surface area (Å²) < 4.78 is 5.03. The van der Waals surface area contributed by atoms with E-state index in [4.69, 9.17) is 4.74 Å². The fourth-order valence-corrected chi connectivity index (χ4v) is 3.04. The van der Waals surface area contributed by atoms with E-state index in [0.717, 1.165) is 0 Å². The molecule has 1 saturated heterocycles. The molecule has 1 atom stereocenters. The van der Waals surface area contributed by atoms with Crippen molar-refractivity contribution in [1.29, 1.82) is 0 Å². The van der Waals surface area contributed by atoms with Crippen molar-refractivity contribution in [2.24, 2.45) is 0 Å². The van der Waals surface area contributed by atoms with Crippen LogP contribution in [0.5, 0.6) is 0 Å². The van der Waals surface area contributed by atoms with Gasteiger partial charge in [0.2, 0.25) is 11.8 Å². The van der Waals surface area contributed by atoms with Gasteiger partial charge >= 0.3 is 5.97 Å². The van der Waals surface area contributed by atoms with Crippen molar-refractivity contribution in [3.63, 3.8) is 0 Å². The number of benzene rings is 2. The lowest BCUT2D eigenvalue weighted by molar-refractivity contribution is -0.120. The minimum atomic E-state index is -0.611. The fraction of sp³-hybridized carbons (Fsp3) is 0.250. The Bertz CT molecular complexity index is 820. The van der Waals surface area contributed by atoms with Crippen molar-refractivity contribution in [2.75, 3.05) is 16.8 Å². The van der Waals surface area contributed by atoms with Crippen molar-refractivity contribution in [3.05, 3.63) is 60.2 Å². The van der Waals surface area contributed by atoms with Crippen LogP contribution in [0, 0.1) is 0 Å². The van der Waals surface area contributed by atoms with E-state index < -0.39 is 12.0 Å². The van der Waals surface area contributed by atoms with Gasteiger partial charge in [0.25, 0.3) is 0 Å². The third-order valence-electron chi connectivity index (χ3n) is 4.23. The highest BCUT2D eigenvalue weighted by molar-refractivity contribution is 6.09. The van der Waals surface area contributed by atoms with Gasteiger partial charge in [-0.25, -0.2) is 4.79 Å². The SMILES string of the molecule is CCOC(=O)c1ccccc1NC(=O)C1CCC(=O)N1c1ccccc1. The van der Waals surface area contributed by atoms with Crippen LogP contribution in [0.1, 0.15) is 30.1 Å². The first-order chi connectivity index (χ1) is 12.6.